The van der Waals surface area contributed by atoms with Gasteiger partial charge in [0.05, 0.1) is 11.5 Å². The topological polar surface area (TPSA) is 84.0 Å². The number of rotatable bonds is 4. The molecule has 2 aromatic rings. The van der Waals surface area contributed by atoms with Gasteiger partial charge in [-0.2, -0.15) is 4.98 Å². The molecular weight excluding hydrogens is 336 g/mol. The molecule has 0 saturated carbocycles. The molecule has 2 heterocycles. The first kappa shape index (κ1) is 16.0. The molecule has 1 aromatic carbocycles. The van der Waals surface area contributed by atoms with Crippen LogP contribution in [0, 0.1) is 6.92 Å². The number of anilines is 3. The third-order valence-electron chi connectivity index (χ3n) is 3.54. The largest absolute Gasteiger partial charge is 0.350 e. The first-order valence-corrected chi connectivity index (χ1v) is 9.45. The van der Waals surface area contributed by atoms with Crippen LogP contribution in [0.1, 0.15) is 12.1 Å². The Bertz CT molecular complexity index is 809. The normalized spacial score (nSPS) is 19.5. The monoisotopic (exact) mass is 352 g/mol. The third kappa shape index (κ3) is 4.33. The zero-order valence-electron chi connectivity index (χ0n) is 12.6. The average Bonchev–Trinajstić information content (AvgIpc) is 2.80. The van der Waals surface area contributed by atoms with Crippen LogP contribution in [0.2, 0.25) is 5.02 Å². The number of nitrogens with zero attached hydrogens (tertiary/aromatic N) is 2. The van der Waals surface area contributed by atoms with Gasteiger partial charge in [0.25, 0.3) is 0 Å². The van der Waals surface area contributed by atoms with E-state index < -0.39 is 9.84 Å². The summed E-state index contributed by atoms with van der Waals surface area (Å²) in [5, 5.41) is 6.96. The number of sulfone groups is 1. The zero-order chi connectivity index (χ0) is 16.4. The van der Waals surface area contributed by atoms with E-state index in [1.807, 2.05) is 25.1 Å². The van der Waals surface area contributed by atoms with Crippen LogP contribution in [-0.4, -0.2) is 35.9 Å². The van der Waals surface area contributed by atoms with Crippen molar-refractivity contribution in [2.45, 2.75) is 19.4 Å². The van der Waals surface area contributed by atoms with Gasteiger partial charge in [-0.05, 0) is 37.6 Å². The molecule has 1 aromatic heterocycles. The maximum Gasteiger partial charge on any atom is 0.225 e. The summed E-state index contributed by atoms with van der Waals surface area (Å²) < 4.78 is 23.1. The fraction of sp³-hybridized carbons (Fsp3) is 0.333. The second-order valence-electron chi connectivity index (χ2n) is 5.59. The van der Waals surface area contributed by atoms with E-state index in [9.17, 15) is 8.42 Å². The van der Waals surface area contributed by atoms with Crippen molar-refractivity contribution in [3.05, 3.63) is 41.0 Å². The van der Waals surface area contributed by atoms with Crippen molar-refractivity contribution in [1.29, 1.82) is 0 Å². The van der Waals surface area contributed by atoms with Gasteiger partial charge in [-0.25, -0.2) is 13.4 Å². The lowest BCUT2D eigenvalue weighted by Gasteiger charge is -2.13. The minimum Gasteiger partial charge on any atom is -0.350 e. The number of hydrogen-bond donors (Lipinski definition) is 2. The lowest BCUT2D eigenvalue weighted by molar-refractivity contribution is 0.602. The summed E-state index contributed by atoms with van der Waals surface area (Å²) in [6.07, 6.45) is 0.583. The highest BCUT2D eigenvalue weighted by Gasteiger charge is 2.28. The van der Waals surface area contributed by atoms with Gasteiger partial charge in [0.15, 0.2) is 9.84 Å². The Morgan fingerprint density at radius 1 is 1.22 bits per heavy atom. The number of nitrogens with one attached hydrogen (secondary N) is 2. The molecule has 6 nitrogen and oxygen atoms in total. The average molecular weight is 353 g/mol. The van der Waals surface area contributed by atoms with Gasteiger partial charge >= 0.3 is 0 Å². The molecule has 8 heteroatoms. The predicted octanol–water partition coefficient (Wildman–Crippen LogP) is 2.78. The summed E-state index contributed by atoms with van der Waals surface area (Å²) in [6, 6.07) is 8.99. The third-order valence-corrected chi connectivity index (χ3v) is 5.56. The van der Waals surface area contributed by atoms with Crippen LogP contribution < -0.4 is 10.6 Å². The number of halogens is 1. The molecule has 122 valence electrons. The smallest absolute Gasteiger partial charge is 0.225 e. The SMILES string of the molecule is Cc1cc(Nc2ccc(Cl)cc2)nc(NC2CCS(=O)(=O)C2)n1. The van der Waals surface area contributed by atoms with Crippen LogP contribution in [0.5, 0.6) is 0 Å². The van der Waals surface area contributed by atoms with Crippen LogP contribution in [0.25, 0.3) is 0 Å². The first-order valence-electron chi connectivity index (χ1n) is 7.25. The minimum atomic E-state index is -2.93. The number of aryl methyl sites for hydroxylation is 1. The fourth-order valence-electron chi connectivity index (χ4n) is 2.47. The number of benzene rings is 1. The highest BCUT2D eigenvalue weighted by Crippen LogP contribution is 2.20. The molecule has 0 amide bonds. The molecule has 1 unspecified atom stereocenters. The number of hydrogen-bond acceptors (Lipinski definition) is 6. The van der Waals surface area contributed by atoms with Gasteiger partial charge < -0.3 is 10.6 Å². The number of aromatic nitrogens is 2. The standard InChI is InChI=1S/C15H17ClN4O2S/c1-10-8-14(18-12-4-2-11(16)3-5-12)20-15(17-10)19-13-6-7-23(21,22)9-13/h2-5,8,13H,6-7,9H2,1H3,(H2,17,18,19,20). The molecule has 2 N–H and O–H groups in total. The maximum atomic E-state index is 11.5. The van der Waals surface area contributed by atoms with Crippen LogP contribution >= 0.6 is 11.6 Å². The lowest BCUT2D eigenvalue weighted by Crippen LogP contribution is -2.22. The van der Waals surface area contributed by atoms with Crippen molar-refractivity contribution in [1.82, 2.24) is 9.97 Å². The minimum absolute atomic E-state index is 0.129. The predicted molar refractivity (Wildman–Crippen MR) is 92.2 cm³/mol. The van der Waals surface area contributed by atoms with Crippen molar-refractivity contribution in [2.24, 2.45) is 0 Å². The van der Waals surface area contributed by atoms with Crippen LogP contribution in [0.4, 0.5) is 17.5 Å². The molecule has 1 aliphatic rings. The molecular formula is C15H17ClN4O2S. The second-order valence-corrected chi connectivity index (χ2v) is 8.26. The van der Waals surface area contributed by atoms with Gasteiger partial charge in [-0.15, -0.1) is 0 Å². The van der Waals surface area contributed by atoms with E-state index >= 15 is 0 Å². The Hall–Kier alpha value is -1.86. The van der Waals surface area contributed by atoms with E-state index in [0.717, 1.165) is 11.4 Å². The van der Waals surface area contributed by atoms with E-state index in [4.69, 9.17) is 11.6 Å². The van der Waals surface area contributed by atoms with Crippen molar-refractivity contribution in [2.75, 3.05) is 22.1 Å². The van der Waals surface area contributed by atoms with Gasteiger partial charge in [0, 0.05) is 28.5 Å². The van der Waals surface area contributed by atoms with E-state index in [-0.39, 0.29) is 17.5 Å². The fourth-order valence-corrected chi connectivity index (χ4v) is 4.27. The molecule has 0 radical (unpaired) electrons. The lowest BCUT2D eigenvalue weighted by atomic mass is 10.3. The van der Waals surface area contributed by atoms with Crippen LogP contribution in [0.15, 0.2) is 30.3 Å². The molecule has 1 aliphatic heterocycles. The molecule has 1 atom stereocenters. The van der Waals surface area contributed by atoms with Gasteiger partial charge in [-0.3, -0.25) is 0 Å². The Kier molecular flexibility index (Phi) is 4.41. The van der Waals surface area contributed by atoms with E-state index in [1.54, 1.807) is 12.1 Å². The first-order chi connectivity index (χ1) is 10.9. The highest BCUT2D eigenvalue weighted by molar-refractivity contribution is 7.91. The van der Waals surface area contributed by atoms with Crippen LogP contribution in [-0.2, 0) is 9.84 Å². The van der Waals surface area contributed by atoms with E-state index in [1.165, 1.54) is 0 Å². The van der Waals surface area contributed by atoms with Gasteiger partial charge in [-0.1, -0.05) is 11.6 Å². The summed E-state index contributed by atoms with van der Waals surface area (Å²) in [7, 11) is -2.93. The van der Waals surface area contributed by atoms with Crippen molar-refractivity contribution in [3.63, 3.8) is 0 Å². The Balaban J connectivity index is 1.75. The second kappa shape index (κ2) is 6.33. The maximum absolute atomic E-state index is 11.5. The Labute approximate surface area is 140 Å². The molecule has 23 heavy (non-hydrogen) atoms. The van der Waals surface area contributed by atoms with Gasteiger partial charge in [0.1, 0.15) is 5.82 Å². The summed E-state index contributed by atoms with van der Waals surface area (Å²) in [5.74, 6) is 1.42. The molecule has 0 spiro atoms. The van der Waals surface area contributed by atoms with Crippen LogP contribution in [0.3, 0.4) is 0 Å². The summed E-state index contributed by atoms with van der Waals surface area (Å²) in [4.78, 5) is 8.72. The zero-order valence-corrected chi connectivity index (χ0v) is 14.2. The quantitative estimate of drug-likeness (QED) is 0.880. The molecule has 1 fully saturated rings. The summed E-state index contributed by atoms with van der Waals surface area (Å²) in [6.45, 7) is 1.87. The van der Waals surface area contributed by atoms with Crippen molar-refractivity contribution >= 4 is 38.9 Å². The Morgan fingerprint density at radius 3 is 2.61 bits per heavy atom. The molecule has 0 aliphatic carbocycles. The van der Waals surface area contributed by atoms with Gasteiger partial charge in [0.2, 0.25) is 5.95 Å². The summed E-state index contributed by atoms with van der Waals surface area (Å²) in [5.41, 5.74) is 1.65. The van der Waals surface area contributed by atoms with E-state index in [2.05, 4.69) is 20.6 Å². The van der Waals surface area contributed by atoms with Crippen molar-refractivity contribution in [3.8, 4) is 0 Å². The van der Waals surface area contributed by atoms with Crippen molar-refractivity contribution < 1.29 is 8.42 Å². The molecule has 3 rings (SSSR count). The molecule has 0 bridgehead atoms. The Morgan fingerprint density at radius 2 is 1.96 bits per heavy atom. The van der Waals surface area contributed by atoms with E-state index in [0.29, 0.717) is 23.2 Å². The summed E-state index contributed by atoms with van der Waals surface area (Å²) >= 11 is 5.87. The molecule has 1 saturated heterocycles. The highest BCUT2D eigenvalue weighted by atomic mass is 35.5.